The molecule has 1 aliphatic rings. The maximum atomic E-state index is 13.4. The number of anilines is 2. The first-order chi connectivity index (χ1) is 14.6. The molecular weight excluding hydrogens is 401 g/mol. The Labute approximate surface area is 180 Å². The molecule has 4 rings (SSSR count). The molecule has 0 unspecified atom stereocenters. The number of nitrogens with two attached hydrogens (primary N) is 1. The van der Waals surface area contributed by atoms with E-state index in [9.17, 15) is 4.39 Å². The van der Waals surface area contributed by atoms with Gasteiger partial charge in [-0.25, -0.2) is 14.4 Å². The highest BCUT2D eigenvalue weighted by Crippen LogP contribution is 2.30. The lowest BCUT2D eigenvalue weighted by atomic mass is 9.92. The molecule has 1 aromatic carbocycles. The molecule has 0 saturated heterocycles. The fourth-order valence-electron chi connectivity index (χ4n) is 3.71. The van der Waals surface area contributed by atoms with Gasteiger partial charge < -0.3 is 16.4 Å². The molecule has 0 atom stereocenters. The van der Waals surface area contributed by atoms with Gasteiger partial charge >= 0.3 is 0 Å². The standard InChI is InChI=1S/C23H25ClFN5/c24-20-14-28-23(29-18-9-7-17(26)8-10-18)12-19(20)21-5-2-6-22(30-21)27-13-15-3-1-4-16(25)11-15/h1-6,11-12,14,17-18H,7-10,13,26H2,(H,27,30)(H,28,29)/t17-,18+. The van der Waals surface area contributed by atoms with E-state index < -0.39 is 0 Å². The summed E-state index contributed by atoms with van der Waals surface area (Å²) in [5.74, 6) is 1.23. The Kier molecular flexibility index (Phi) is 6.45. The highest BCUT2D eigenvalue weighted by molar-refractivity contribution is 6.33. The number of nitrogens with zero attached hydrogens (tertiary/aromatic N) is 2. The van der Waals surface area contributed by atoms with Crippen molar-refractivity contribution in [2.75, 3.05) is 10.6 Å². The van der Waals surface area contributed by atoms with Crippen LogP contribution in [0.15, 0.2) is 54.7 Å². The van der Waals surface area contributed by atoms with Crippen molar-refractivity contribution in [2.24, 2.45) is 5.73 Å². The minimum Gasteiger partial charge on any atom is -0.367 e. The first-order valence-electron chi connectivity index (χ1n) is 10.2. The minimum atomic E-state index is -0.250. The average molecular weight is 426 g/mol. The topological polar surface area (TPSA) is 75.9 Å². The van der Waals surface area contributed by atoms with Gasteiger partial charge in [0.2, 0.25) is 0 Å². The van der Waals surface area contributed by atoms with Gasteiger partial charge in [0.1, 0.15) is 17.5 Å². The van der Waals surface area contributed by atoms with Crippen molar-refractivity contribution in [1.29, 1.82) is 0 Å². The van der Waals surface area contributed by atoms with Crippen molar-refractivity contribution < 1.29 is 4.39 Å². The largest absolute Gasteiger partial charge is 0.367 e. The van der Waals surface area contributed by atoms with Gasteiger partial charge in [0.15, 0.2) is 0 Å². The summed E-state index contributed by atoms with van der Waals surface area (Å²) < 4.78 is 13.4. The Morgan fingerprint density at radius 2 is 1.83 bits per heavy atom. The lowest BCUT2D eigenvalue weighted by Crippen LogP contribution is -2.33. The molecule has 0 radical (unpaired) electrons. The third kappa shape index (κ3) is 5.26. The Hall–Kier alpha value is -2.70. The molecule has 156 valence electrons. The van der Waals surface area contributed by atoms with Crippen LogP contribution >= 0.6 is 11.6 Å². The number of halogens is 2. The van der Waals surface area contributed by atoms with Gasteiger partial charge in [0.05, 0.1) is 10.7 Å². The summed E-state index contributed by atoms with van der Waals surface area (Å²) in [5, 5.41) is 7.28. The maximum absolute atomic E-state index is 13.4. The van der Waals surface area contributed by atoms with E-state index in [0.717, 1.165) is 48.3 Å². The van der Waals surface area contributed by atoms with Gasteiger partial charge in [-0.05, 0) is 61.6 Å². The monoisotopic (exact) mass is 425 g/mol. The molecule has 2 aromatic heterocycles. The lowest BCUT2D eigenvalue weighted by Gasteiger charge is -2.27. The molecule has 5 nitrogen and oxygen atoms in total. The first-order valence-corrected chi connectivity index (χ1v) is 10.6. The van der Waals surface area contributed by atoms with E-state index in [1.54, 1.807) is 12.3 Å². The van der Waals surface area contributed by atoms with Crippen molar-refractivity contribution in [3.8, 4) is 11.3 Å². The van der Waals surface area contributed by atoms with Crippen molar-refractivity contribution in [3.63, 3.8) is 0 Å². The summed E-state index contributed by atoms with van der Waals surface area (Å²) in [7, 11) is 0. The Morgan fingerprint density at radius 1 is 1.03 bits per heavy atom. The quantitative estimate of drug-likeness (QED) is 0.504. The second-order valence-electron chi connectivity index (χ2n) is 7.70. The maximum Gasteiger partial charge on any atom is 0.126 e. The van der Waals surface area contributed by atoms with Crippen LogP contribution in [0, 0.1) is 5.82 Å². The van der Waals surface area contributed by atoms with E-state index in [0.29, 0.717) is 29.5 Å². The Bertz CT molecular complexity index is 1000. The highest BCUT2D eigenvalue weighted by atomic mass is 35.5. The summed E-state index contributed by atoms with van der Waals surface area (Å²) in [4.78, 5) is 9.11. The van der Waals surface area contributed by atoms with Gasteiger partial charge in [0.25, 0.3) is 0 Å². The van der Waals surface area contributed by atoms with Crippen LogP contribution in [0.25, 0.3) is 11.3 Å². The number of hydrogen-bond donors (Lipinski definition) is 3. The van der Waals surface area contributed by atoms with Crippen LogP contribution in [0.1, 0.15) is 31.2 Å². The van der Waals surface area contributed by atoms with Crippen LogP contribution in [0.3, 0.4) is 0 Å². The SMILES string of the molecule is N[C@H]1CC[C@@H](Nc2cc(-c3cccc(NCc4cccc(F)c4)n3)c(Cl)cn2)CC1. The summed E-state index contributed by atoms with van der Waals surface area (Å²) >= 11 is 6.43. The van der Waals surface area contributed by atoms with Gasteiger partial charge in [-0.3, -0.25) is 0 Å². The number of pyridine rings is 2. The van der Waals surface area contributed by atoms with E-state index in [4.69, 9.17) is 17.3 Å². The summed E-state index contributed by atoms with van der Waals surface area (Å²) in [6.07, 6.45) is 5.79. The molecule has 1 fully saturated rings. The zero-order valence-corrected chi connectivity index (χ0v) is 17.4. The van der Waals surface area contributed by atoms with Crippen LogP contribution < -0.4 is 16.4 Å². The molecule has 30 heavy (non-hydrogen) atoms. The molecule has 0 aliphatic heterocycles. The van der Waals surface area contributed by atoms with Crippen molar-refractivity contribution in [2.45, 2.75) is 44.3 Å². The number of rotatable bonds is 6. The normalized spacial score (nSPS) is 18.8. The number of hydrogen-bond acceptors (Lipinski definition) is 5. The highest BCUT2D eigenvalue weighted by Gasteiger charge is 2.19. The van der Waals surface area contributed by atoms with Crippen LogP contribution in [-0.4, -0.2) is 22.1 Å². The van der Waals surface area contributed by atoms with Crippen LogP contribution in [-0.2, 0) is 6.54 Å². The van der Waals surface area contributed by atoms with E-state index in [-0.39, 0.29) is 5.82 Å². The summed E-state index contributed by atoms with van der Waals surface area (Å²) in [6, 6.07) is 14.8. The summed E-state index contributed by atoms with van der Waals surface area (Å²) in [5.41, 5.74) is 8.42. The molecule has 4 N–H and O–H groups in total. The zero-order chi connectivity index (χ0) is 20.9. The molecule has 0 bridgehead atoms. The minimum absolute atomic E-state index is 0.250. The van der Waals surface area contributed by atoms with Gasteiger partial charge in [-0.15, -0.1) is 0 Å². The fourth-order valence-corrected chi connectivity index (χ4v) is 3.91. The molecule has 1 saturated carbocycles. The molecule has 3 aromatic rings. The van der Waals surface area contributed by atoms with Crippen molar-refractivity contribution >= 4 is 23.2 Å². The van der Waals surface area contributed by atoms with E-state index in [1.165, 1.54) is 12.1 Å². The number of benzene rings is 1. The van der Waals surface area contributed by atoms with E-state index in [2.05, 4.69) is 20.6 Å². The zero-order valence-electron chi connectivity index (χ0n) is 16.6. The van der Waals surface area contributed by atoms with Crippen LogP contribution in [0.4, 0.5) is 16.0 Å². The van der Waals surface area contributed by atoms with Gasteiger partial charge in [-0.1, -0.05) is 29.8 Å². The van der Waals surface area contributed by atoms with Crippen LogP contribution in [0.2, 0.25) is 5.02 Å². The molecule has 1 aliphatic carbocycles. The van der Waals surface area contributed by atoms with Crippen molar-refractivity contribution in [1.82, 2.24) is 9.97 Å². The predicted octanol–water partition coefficient (Wildman–Crippen LogP) is 5.23. The Morgan fingerprint density at radius 3 is 2.63 bits per heavy atom. The first kappa shape index (κ1) is 20.6. The third-order valence-electron chi connectivity index (χ3n) is 5.37. The predicted molar refractivity (Wildman–Crippen MR) is 120 cm³/mol. The number of aromatic nitrogens is 2. The second-order valence-corrected chi connectivity index (χ2v) is 8.10. The third-order valence-corrected chi connectivity index (χ3v) is 5.67. The molecule has 7 heteroatoms. The molecule has 0 amide bonds. The average Bonchev–Trinajstić information content (AvgIpc) is 2.75. The van der Waals surface area contributed by atoms with Crippen molar-refractivity contribution in [3.05, 3.63) is 71.1 Å². The molecular formula is C23H25ClFN5. The van der Waals surface area contributed by atoms with Gasteiger partial charge in [-0.2, -0.15) is 0 Å². The van der Waals surface area contributed by atoms with Gasteiger partial charge in [0, 0.05) is 30.4 Å². The Balaban J connectivity index is 1.48. The van der Waals surface area contributed by atoms with E-state index in [1.807, 2.05) is 30.3 Å². The fraction of sp³-hybridized carbons (Fsp3) is 0.304. The van der Waals surface area contributed by atoms with Crippen LogP contribution in [0.5, 0.6) is 0 Å². The number of nitrogens with one attached hydrogen (secondary N) is 2. The second kappa shape index (κ2) is 9.41. The smallest absolute Gasteiger partial charge is 0.126 e. The lowest BCUT2D eigenvalue weighted by molar-refractivity contribution is 0.410. The van der Waals surface area contributed by atoms with E-state index >= 15 is 0 Å². The molecule has 2 heterocycles. The molecule has 0 spiro atoms. The summed E-state index contributed by atoms with van der Waals surface area (Å²) in [6.45, 7) is 0.481.